The summed E-state index contributed by atoms with van der Waals surface area (Å²) in [5.41, 5.74) is 7.17. The second-order valence-electron chi connectivity index (χ2n) is 7.26. The van der Waals surface area contributed by atoms with E-state index in [1.54, 1.807) is 6.20 Å². The molecule has 3 atom stereocenters. The summed E-state index contributed by atoms with van der Waals surface area (Å²) < 4.78 is 0. The first-order valence-corrected chi connectivity index (χ1v) is 8.91. The van der Waals surface area contributed by atoms with Crippen molar-refractivity contribution in [3.8, 4) is 0 Å². The highest BCUT2D eigenvalue weighted by Gasteiger charge is 2.46. The number of rotatable bonds is 2. The van der Waals surface area contributed by atoms with E-state index < -0.39 is 6.04 Å². The van der Waals surface area contributed by atoms with Crippen LogP contribution in [0.5, 0.6) is 0 Å². The predicted molar refractivity (Wildman–Crippen MR) is 89.0 cm³/mol. The van der Waals surface area contributed by atoms with Crippen LogP contribution in [0.15, 0.2) is 24.5 Å². The summed E-state index contributed by atoms with van der Waals surface area (Å²) in [6, 6.07) is 3.45. The first kappa shape index (κ1) is 15.6. The summed E-state index contributed by atoms with van der Waals surface area (Å²) in [4.78, 5) is 33.3. The number of nitrogens with two attached hydrogens (primary N) is 1. The van der Waals surface area contributed by atoms with Gasteiger partial charge in [0.1, 0.15) is 6.04 Å². The molecule has 3 aliphatic heterocycles. The molecule has 4 heterocycles. The maximum absolute atomic E-state index is 12.9. The Morgan fingerprint density at radius 2 is 2.04 bits per heavy atom. The molecular formula is C18H24N4O2. The molecule has 6 heteroatoms. The lowest BCUT2D eigenvalue weighted by atomic mass is 9.92. The van der Waals surface area contributed by atoms with E-state index in [1.807, 2.05) is 22.1 Å². The molecule has 6 nitrogen and oxygen atoms in total. The highest BCUT2D eigenvalue weighted by molar-refractivity contribution is 5.91. The van der Waals surface area contributed by atoms with Gasteiger partial charge in [0, 0.05) is 37.4 Å². The standard InChI is InChI=1S/C18H24N4O2/c19-15-5-1-4-14-6-7-16(22(14)17(15)23)18(24)21-10-13(11-21)12-3-2-8-20-9-12/h2-3,8-9,13-16H,1,4-7,10-11,19H2/t14-,15-,16-/m0/s1. The Labute approximate surface area is 142 Å². The van der Waals surface area contributed by atoms with Gasteiger partial charge in [0.05, 0.1) is 6.04 Å². The van der Waals surface area contributed by atoms with Gasteiger partial charge in [-0.2, -0.15) is 0 Å². The Bertz CT molecular complexity index is 629. The van der Waals surface area contributed by atoms with Crippen LogP contribution in [0.4, 0.5) is 0 Å². The van der Waals surface area contributed by atoms with Gasteiger partial charge in [-0.1, -0.05) is 6.07 Å². The van der Waals surface area contributed by atoms with E-state index in [4.69, 9.17) is 5.73 Å². The molecule has 0 saturated carbocycles. The average molecular weight is 328 g/mol. The third-order valence-electron chi connectivity index (χ3n) is 5.76. The molecule has 3 aliphatic rings. The summed E-state index contributed by atoms with van der Waals surface area (Å²) in [6.07, 6.45) is 8.01. The lowest BCUT2D eigenvalue weighted by Gasteiger charge is -2.42. The fourth-order valence-electron chi connectivity index (χ4n) is 4.33. The smallest absolute Gasteiger partial charge is 0.245 e. The van der Waals surface area contributed by atoms with Crippen LogP contribution in [0, 0.1) is 0 Å². The van der Waals surface area contributed by atoms with E-state index in [0.29, 0.717) is 5.92 Å². The molecular weight excluding hydrogens is 304 g/mol. The molecule has 1 aromatic heterocycles. The van der Waals surface area contributed by atoms with Gasteiger partial charge in [-0.05, 0) is 43.7 Å². The molecule has 3 fully saturated rings. The summed E-state index contributed by atoms with van der Waals surface area (Å²) in [5, 5.41) is 0. The van der Waals surface area contributed by atoms with Crippen LogP contribution in [0.25, 0.3) is 0 Å². The highest BCUT2D eigenvalue weighted by atomic mass is 16.2. The zero-order valence-electron chi connectivity index (χ0n) is 13.8. The lowest BCUT2D eigenvalue weighted by molar-refractivity contribution is -0.148. The van der Waals surface area contributed by atoms with Crippen LogP contribution in [-0.4, -0.2) is 57.8 Å². The van der Waals surface area contributed by atoms with Gasteiger partial charge in [-0.25, -0.2) is 0 Å². The summed E-state index contributed by atoms with van der Waals surface area (Å²) in [6.45, 7) is 1.44. The van der Waals surface area contributed by atoms with Crippen molar-refractivity contribution >= 4 is 11.8 Å². The summed E-state index contributed by atoms with van der Waals surface area (Å²) in [5.74, 6) is 0.430. The van der Waals surface area contributed by atoms with Gasteiger partial charge in [0.25, 0.3) is 0 Å². The fraction of sp³-hybridized carbons (Fsp3) is 0.611. The number of carbonyl (C=O) groups is 2. The monoisotopic (exact) mass is 328 g/mol. The van der Waals surface area contributed by atoms with Gasteiger partial charge in [-0.3, -0.25) is 14.6 Å². The molecule has 0 aliphatic carbocycles. The fourth-order valence-corrected chi connectivity index (χ4v) is 4.33. The van der Waals surface area contributed by atoms with Crippen LogP contribution in [0.3, 0.4) is 0 Å². The molecule has 24 heavy (non-hydrogen) atoms. The van der Waals surface area contributed by atoms with Gasteiger partial charge < -0.3 is 15.5 Å². The van der Waals surface area contributed by atoms with Crippen molar-refractivity contribution in [2.24, 2.45) is 5.73 Å². The number of carbonyl (C=O) groups excluding carboxylic acids is 2. The Kier molecular flexibility index (Phi) is 4.00. The van der Waals surface area contributed by atoms with Crippen molar-refractivity contribution in [1.82, 2.24) is 14.8 Å². The minimum atomic E-state index is -0.442. The molecule has 4 rings (SSSR count). The Hall–Kier alpha value is -1.95. The minimum absolute atomic E-state index is 0.0299. The van der Waals surface area contributed by atoms with E-state index in [-0.39, 0.29) is 23.9 Å². The molecule has 3 saturated heterocycles. The SMILES string of the molecule is N[C@H]1CCC[C@H]2CC[C@@H](C(=O)N3CC(c4cccnc4)C3)N2C1=O. The van der Waals surface area contributed by atoms with E-state index in [1.165, 1.54) is 5.56 Å². The Balaban J connectivity index is 1.43. The third-order valence-corrected chi connectivity index (χ3v) is 5.76. The van der Waals surface area contributed by atoms with Crippen molar-refractivity contribution in [2.45, 2.75) is 56.1 Å². The highest BCUT2D eigenvalue weighted by Crippen LogP contribution is 2.34. The normalized spacial score (nSPS) is 30.7. The number of fused-ring (bicyclic) bond motifs is 1. The quantitative estimate of drug-likeness (QED) is 0.874. The van der Waals surface area contributed by atoms with Crippen molar-refractivity contribution in [1.29, 1.82) is 0 Å². The van der Waals surface area contributed by atoms with Gasteiger partial charge in [0.15, 0.2) is 0 Å². The largest absolute Gasteiger partial charge is 0.340 e. The van der Waals surface area contributed by atoms with Gasteiger partial charge in [-0.15, -0.1) is 0 Å². The molecule has 2 N–H and O–H groups in total. The van der Waals surface area contributed by atoms with Crippen molar-refractivity contribution < 1.29 is 9.59 Å². The van der Waals surface area contributed by atoms with E-state index in [2.05, 4.69) is 11.1 Å². The second kappa shape index (κ2) is 6.16. The zero-order chi connectivity index (χ0) is 16.7. The predicted octanol–water partition coefficient (Wildman–Crippen LogP) is 0.878. The number of hydrogen-bond acceptors (Lipinski definition) is 4. The van der Waals surface area contributed by atoms with Crippen LogP contribution in [0.1, 0.15) is 43.6 Å². The van der Waals surface area contributed by atoms with Crippen molar-refractivity contribution in [3.05, 3.63) is 30.1 Å². The zero-order valence-corrected chi connectivity index (χ0v) is 13.8. The van der Waals surface area contributed by atoms with Crippen LogP contribution < -0.4 is 5.73 Å². The molecule has 1 aromatic rings. The number of nitrogens with zero attached hydrogens (tertiary/aromatic N) is 3. The first-order chi connectivity index (χ1) is 11.6. The second-order valence-corrected chi connectivity index (χ2v) is 7.26. The molecule has 0 radical (unpaired) electrons. The number of hydrogen-bond donors (Lipinski definition) is 1. The Morgan fingerprint density at radius 1 is 1.21 bits per heavy atom. The number of likely N-dealkylation sites (tertiary alicyclic amines) is 1. The van der Waals surface area contributed by atoms with E-state index in [9.17, 15) is 9.59 Å². The van der Waals surface area contributed by atoms with Crippen LogP contribution in [-0.2, 0) is 9.59 Å². The number of aromatic nitrogens is 1. The molecule has 0 unspecified atom stereocenters. The van der Waals surface area contributed by atoms with Crippen LogP contribution in [0.2, 0.25) is 0 Å². The minimum Gasteiger partial charge on any atom is -0.340 e. The average Bonchev–Trinajstić information content (AvgIpc) is 2.91. The van der Waals surface area contributed by atoms with Gasteiger partial charge in [0.2, 0.25) is 11.8 Å². The summed E-state index contributed by atoms with van der Waals surface area (Å²) in [7, 11) is 0. The number of pyridine rings is 1. The first-order valence-electron chi connectivity index (χ1n) is 8.91. The maximum atomic E-state index is 12.9. The van der Waals surface area contributed by atoms with E-state index >= 15 is 0 Å². The molecule has 2 amide bonds. The molecule has 0 aromatic carbocycles. The lowest BCUT2D eigenvalue weighted by Crippen LogP contribution is -2.57. The Morgan fingerprint density at radius 3 is 2.79 bits per heavy atom. The molecule has 0 spiro atoms. The van der Waals surface area contributed by atoms with E-state index in [0.717, 1.165) is 45.2 Å². The number of amides is 2. The third kappa shape index (κ3) is 2.59. The van der Waals surface area contributed by atoms with Crippen molar-refractivity contribution in [2.75, 3.05) is 13.1 Å². The molecule has 128 valence electrons. The van der Waals surface area contributed by atoms with Crippen LogP contribution >= 0.6 is 0 Å². The maximum Gasteiger partial charge on any atom is 0.245 e. The van der Waals surface area contributed by atoms with Crippen molar-refractivity contribution in [3.63, 3.8) is 0 Å². The summed E-state index contributed by atoms with van der Waals surface area (Å²) >= 11 is 0. The topological polar surface area (TPSA) is 79.5 Å². The van der Waals surface area contributed by atoms with Gasteiger partial charge >= 0.3 is 0 Å². The molecule has 0 bridgehead atoms.